The molecule has 1 fully saturated rings. The maximum absolute atomic E-state index is 6.20. The van der Waals surface area contributed by atoms with Crippen LogP contribution in [0.4, 0.5) is 0 Å². The van der Waals surface area contributed by atoms with Gasteiger partial charge >= 0.3 is 0 Å². The van der Waals surface area contributed by atoms with Crippen molar-refractivity contribution in [2.45, 2.75) is 45.1 Å². The quantitative estimate of drug-likeness (QED) is 0.527. The average molecular weight is 317 g/mol. The second-order valence-electron chi connectivity index (χ2n) is 7.60. The van der Waals surface area contributed by atoms with E-state index in [2.05, 4.69) is 60.9 Å². The largest absolute Gasteiger partial charge is 0.493 e. The second kappa shape index (κ2) is 4.89. The summed E-state index contributed by atoms with van der Waals surface area (Å²) >= 11 is 0. The highest BCUT2D eigenvalue weighted by Crippen LogP contribution is 2.49. The van der Waals surface area contributed by atoms with E-state index in [1.54, 1.807) is 0 Å². The number of hydrogen-bond donors (Lipinski definition) is 0. The summed E-state index contributed by atoms with van der Waals surface area (Å²) in [7, 11) is 0. The number of benzene rings is 2. The highest BCUT2D eigenvalue weighted by molar-refractivity contribution is 5.89. The fourth-order valence-electron chi connectivity index (χ4n) is 4.53. The lowest BCUT2D eigenvalue weighted by Crippen LogP contribution is -2.42. The lowest BCUT2D eigenvalue weighted by Gasteiger charge is -2.46. The van der Waals surface area contributed by atoms with E-state index in [9.17, 15) is 0 Å². The van der Waals surface area contributed by atoms with Crippen LogP contribution < -0.4 is 4.74 Å². The minimum Gasteiger partial charge on any atom is -0.493 e. The van der Waals surface area contributed by atoms with Crippen molar-refractivity contribution in [2.75, 3.05) is 6.61 Å². The summed E-state index contributed by atoms with van der Waals surface area (Å²) in [5.41, 5.74) is 6.76. The Morgan fingerprint density at radius 1 is 0.917 bits per heavy atom. The maximum atomic E-state index is 6.20. The van der Waals surface area contributed by atoms with Crippen molar-refractivity contribution >= 4 is 10.9 Å². The van der Waals surface area contributed by atoms with Crippen LogP contribution in [-0.4, -0.2) is 11.2 Å². The molecule has 24 heavy (non-hydrogen) atoms. The fourth-order valence-corrected chi connectivity index (χ4v) is 4.53. The molecule has 5 rings (SSSR count). The number of ether oxygens (including phenoxy) is 1. The highest BCUT2D eigenvalue weighted by atomic mass is 16.5. The number of nitrogens with zero attached hydrogens (tertiary/aromatic N) is 1. The molecule has 1 aliphatic heterocycles. The summed E-state index contributed by atoms with van der Waals surface area (Å²) < 4.78 is 8.84. The van der Waals surface area contributed by atoms with Crippen LogP contribution in [0.2, 0.25) is 0 Å². The van der Waals surface area contributed by atoms with Gasteiger partial charge in [0.15, 0.2) is 0 Å². The molecule has 2 aliphatic rings. The summed E-state index contributed by atoms with van der Waals surface area (Å²) in [4.78, 5) is 0. The molecule has 0 amide bonds. The number of aryl methyl sites for hydroxylation is 2. The Balaban J connectivity index is 1.86. The normalized spacial score (nSPS) is 18.2. The van der Waals surface area contributed by atoms with Crippen molar-refractivity contribution in [3.05, 3.63) is 53.6 Å². The summed E-state index contributed by atoms with van der Waals surface area (Å²) in [5, 5.41) is 1.35. The number of hydrogen-bond acceptors (Lipinski definition) is 1. The van der Waals surface area contributed by atoms with Gasteiger partial charge in [-0.05, 0) is 69.0 Å². The predicted molar refractivity (Wildman–Crippen MR) is 98.8 cm³/mol. The van der Waals surface area contributed by atoms with Gasteiger partial charge in [0.1, 0.15) is 5.75 Å². The van der Waals surface area contributed by atoms with Crippen LogP contribution in [0.15, 0.2) is 42.5 Å². The molecule has 2 nitrogen and oxygen atoms in total. The van der Waals surface area contributed by atoms with E-state index in [4.69, 9.17) is 4.74 Å². The van der Waals surface area contributed by atoms with Crippen LogP contribution in [0, 0.1) is 13.8 Å². The molecule has 0 saturated heterocycles. The summed E-state index contributed by atoms with van der Waals surface area (Å²) in [6.45, 7) is 5.12. The van der Waals surface area contributed by atoms with E-state index in [1.165, 1.54) is 52.5 Å². The minimum atomic E-state index is 0.245. The lowest BCUT2D eigenvalue weighted by atomic mass is 9.73. The van der Waals surface area contributed by atoms with Crippen LogP contribution in [0.3, 0.4) is 0 Å². The topological polar surface area (TPSA) is 14.2 Å². The minimum absolute atomic E-state index is 0.245. The first kappa shape index (κ1) is 14.2. The van der Waals surface area contributed by atoms with Crippen molar-refractivity contribution in [3.63, 3.8) is 0 Å². The SMILES string of the molecule is Cc1ccc2c(c1)OCCC1(CCC1)n1c-2cc2cc(C)ccc21. The summed E-state index contributed by atoms with van der Waals surface area (Å²) in [6, 6.07) is 15.9. The Morgan fingerprint density at radius 3 is 2.50 bits per heavy atom. The van der Waals surface area contributed by atoms with Gasteiger partial charge in [0.05, 0.1) is 12.3 Å². The van der Waals surface area contributed by atoms with Gasteiger partial charge in [-0.3, -0.25) is 0 Å². The van der Waals surface area contributed by atoms with Crippen LogP contribution in [0.25, 0.3) is 22.2 Å². The molecule has 122 valence electrons. The Hall–Kier alpha value is -2.22. The molecule has 0 radical (unpaired) electrons. The zero-order valence-corrected chi connectivity index (χ0v) is 14.4. The Kier molecular flexibility index (Phi) is 2.88. The third-order valence-corrected chi connectivity index (χ3v) is 5.95. The molecule has 2 aromatic carbocycles. The first-order valence-electron chi connectivity index (χ1n) is 9.03. The van der Waals surface area contributed by atoms with E-state index < -0.39 is 0 Å². The summed E-state index contributed by atoms with van der Waals surface area (Å²) in [5.74, 6) is 1.03. The lowest BCUT2D eigenvalue weighted by molar-refractivity contribution is 0.106. The van der Waals surface area contributed by atoms with Crippen molar-refractivity contribution < 1.29 is 4.74 Å². The van der Waals surface area contributed by atoms with E-state index in [-0.39, 0.29) is 5.54 Å². The van der Waals surface area contributed by atoms with Crippen LogP contribution in [0.5, 0.6) is 5.75 Å². The van der Waals surface area contributed by atoms with Gasteiger partial charge in [0, 0.05) is 28.4 Å². The van der Waals surface area contributed by atoms with Gasteiger partial charge in [0.25, 0.3) is 0 Å². The van der Waals surface area contributed by atoms with Crippen molar-refractivity contribution in [1.82, 2.24) is 4.57 Å². The smallest absolute Gasteiger partial charge is 0.128 e. The number of rotatable bonds is 0. The van der Waals surface area contributed by atoms with E-state index in [0.29, 0.717) is 0 Å². The molecule has 0 bridgehead atoms. The van der Waals surface area contributed by atoms with Gasteiger partial charge < -0.3 is 9.30 Å². The first-order valence-corrected chi connectivity index (χ1v) is 9.03. The predicted octanol–water partition coefficient (Wildman–Crippen LogP) is 5.59. The van der Waals surface area contributed by atoms with Crippen LogP contribution >= 0.6 is 0 Å². The van der Waals surface area contributed by atoms with E-state index in [0.717, 1.165) is 18.8 Å². The maximum Gasteiger partial charge on any atom is 0.128 e. The molecule has 0 atom stereocenters. The molecule has 1 aliphatic carbocycles. The molecular formula is C22H23NO. The van der Waals surface area contributed by atoms with Crippen molar-refractivity contribution in [3.8, 4) is 17.0 Å². The molecule has 2 heteroatoms. The van der Waals surface area contributed by atoms with Crippen LogP contribution in [-0.2, 0) is 5.54 Å². The third-order valence-electron chi connectivity index (χ3n) is 5.95. The first-order chi connectivity index (χ1) is 11.7. The molecule has 1 saturated carbocycles. The van der Waals surface area contributed by atoms with E-state index in [1.807, 2.05) is 0 Å². The highest BCUT2D eigenvalue weighted by Gasteiger charge is 2.41. The molecule has 0 N–H and O–H groups in total. The van der Waals surface area contributed by atoms with Crippen molar-refractivity contribution in [2.24, 2.45) is 0 Å². The Morgan fingerprint density at radius 2 is 1.71 bits per heavy atom. The molecule has 0 unspecified atom stereocenters. The third kappa shape index (κ3) is 1.89. The zero-order chi connectivity index (χ0) is 16.3. The van der Waals surface area contributed by atoms with Gasteiger partial charge in [-0.2, -0.15) is 0 Å². The zero-order valence-electron chi connectivity index (χ0n) is 14.4. The van der Waals surface area contributed by atoms with Gasteiger partial charge in [-0.15, -0.1) is 0 Å². The Labute approximate surface area is 143 Å². The molecule has 2 heterocycles. The number of aromatic nitrogens is 1. The van der Waals surface area contributed by atoms with Crippen molar-refractivity contribution in [1.29, 1.82) is 0 Å². The standard InChI is InChI=1S/C22H23NO/c1-15-5-7-19-17(12-15)14-20-18-6-4-16(2)13-21(18)24-11-10-22(23(19)20)8-3-9-22/h4-7,12-14H,3,8-11H2,1-2H3. The van der Waals surface area contributed by atoms with Gasteiger partial charge in [0.2, 0.25) is 0 Å². The summed E-state index contributed by atoms with van der Waals surface area (Å²) in [6.07, 6.45) is 4.96. The molecule has 3 aromatic rings. The second-order valence-corrected chi connectivity index (χ2v) is 7.60. The fraction of sp³-hybridized carbons (Fsp3) is 0.364. The molecular weight excluding hydrogens is 294 g/mol. The average Bonchev–Trinajstić information content (AvgIpc) is 2.86. The van der Waals surface area contributed by atoms with E-state index >= 15 is 0 Å². The monoisotopic (exact) mass is 317 g/mol. The Bertz CT molecular complexity index is 946. The van der Waals surface area contributed by atoms with Crippen LogP contribution in [0.1, 0.15) is 36.8 Å². The van der Waals surface area contributed by atoms with Gasteiger partial charge in [-0.25, -0.2) is 0 Å². The van der Waals surface area contributed by atoms with Gasteiger partial charge in [-0.1, -0.05) is 17.7 Å². The molecule has 1 aromatic heterocycles. The molecule has 1 spiro atoms. The number of fused-ring (bicyclic) bond motifs is 6.